The molecule has 1 aliphatic heterocycles. The van der Waals surface area contributed by atoms with E-state index in [0.717, 1.165) is 0 Å². The molecule has 1 aliphatic rings. The highest BCUT2D eigenvalue weighted by Gasteiger charge is 2.37. The van der Waals surface area contributed by atoms with Crippen LogP contribution in [0.4, 0.5) is 0 Å². The molecule has 4 heteroatoms. The van der Waals surface area contributed by atoms with Gasteiger partial charge in [-0.15, -0.1) is 0 Å². The molecule has 1 amide bonds. The second-order valence-corrected chi connectivity index (χ2v) is 5.44. The number of morpholine rings is 1. The van der Waals surface area contributed by atoms with Gasteiger partial charge in [0.05, 0.1) is 24.7 Å². The summed E-state index contributed by atoms with van der Waals surface area (Å²) in [6.07, 6.45) is 0. The van der Waals surface area contributed by atoms with Crippen LogP contribution in [0.2, 0.25) is 0 Å². The molecule has 16 heavy (non-hydrogen) atoms. The van der Waals surface area contributed by atoms with Crippen LogP contribution in [0.3, 0.4) is 0 Å². The van der Waals surface area contributed by atoms with Crippen LogP contribution in [0.5, 0.6) is 0 Å². The second-order valence-electron chi connectivity index (χ2n) is 5.44. The molecule has 0 saturated carbocycles. The maximum Gasteiger partial charge on any atom is 0.227 e. The summed E-state index contributed by atoms with van der Waals surface area (Å²) in [7, 11) is 0. The number of hydrogen-bond acceptors (Lipinski definition) is 3. The van der Waals surface area contributed by atoms with Crippen LogP contribution in [0.25, 0.3) is 0 Å². The van der Waals surface area contributed by atoms with Crippen LogP contribution < -0.4 is 5.73 Å². The maximum absolute atomic E-state index is 12.4. The molecule has 0 aliphatic carbocycles. The van der Waals surface area contributed by atoms with Gasteiger partial charge in [0.2, 0.25) is 5.91 Å². The molecule has 0 aromatic carbocycles. The molecule has 0 bridgehead atoms. The van der Waals surface area contributed by atoms with Crippen molar-refractivity contribution >= 4 is 5.91 Å². The lowest BCUT2D eigenvalue weighted by Gasteiger charge is -2.44. The summed E-state index contributed by atoms with van der Waals surface area (Å²) >= 11 is 0. The van der Waals surface area contributed by atoms with Gasteiger partial charge in [-0.05, 0) is 19.8 Å². The van der Waals surface area contributed by atoms with E-state index in [4.69, 9.17) is 10.5 Å². The summed E-state index contributed by atoms with van der Waals surface area (Å²) in [6.45, 7) is 10.5. The van der Waals surface area contributed by atoms with Crippen LogP contribution in [-0.2, 0) is 9.53 Å². The van der Waals surface area contributed by atoms with Crippen LogP contribution in [0.15, 0.2) is 0 Å². The summed E-state index contributed by atoms with van der Waals surface area (Å²) in [5.74, 6) is 0.388. The molecule has 94 valence electrons. The Bertz CT molecular complexity index is 251. The van der Waals surface area contributed by atoms with Crippen molar-refractivity contribution < 1.29 is 9.53 Å². The summed E-state index contributed by atoms with van der Waals surface area (Å²) < 4.78 is 5.41. The van der Waals surface area contributed by atoms with Gasteiger partial charge < -0.3 is 15.4 Å². The lowest BCUT2D eigenvalue weighted by molar-refractivity contribution is -0.151. The number of carbonyl (C=O) groups is 1. The number of ether oxygens (including phenoxy) is 1. The molecule has 1 rings (SSSR count). The Morgan fingerprint density at radius 3 is 2.56 bits per heavy atom. The Morgan fingerprint density at radius 2 is 2.12 bits per heavy atom. The van der Waals surface area contributed by atoms with Gasteiger partial charge in [-0.3, -0.25) is 4.79 Å². The van der Waals surface area contributed by atoms with Crippen molar-refractivity contribution in [2.75, 3.05) is 26.3 Å². The van der Waals surface area contributed by atoms with Crippen molar-refractivity contribution in [2.24, 2.45) is 17.6 Å². The highest BCUT2D eigenvalue weighted by atomic mass is 16.5. The van der Waals surface area contributed by atoms with Crippen molar-refractivity contribution in [3.8, 4) is 0 Å². The smallest absolute Gasteiger partial charge is 0.227 e. The topological polar surface area (TPSA) is 55.6 Å². The van der Waals surface area contributed by atoms with Crippen molar-refractivity contribution in [3.05, 3.63) is 0 Å². The summed E-state index contributed by atoms with van der Waals surface area (Å²) in [5, 5.41) is 0. The number of hydrogen-bond donors (Lipinski definition) is 1. The Hall–Kier alpha value is -0.610. The zero-order valence-corrected chi connectivity index (χ0v) is 10.8. The van der Waals surface area contributed by atoms with E-state index in [0.29, 0.717) is 26.3 Å². The van der Waals surface area contributed by atoms with Gasteiger partial charge in [-0.2, -0.15) is 0 Å². The van der Waals surface area contributed by atoms with Crippen molar-refractivity contribution in [1.82, 2.24) is 4.90 Å². The van der Waals surface area contributed by atoms with Gasteiger partial charge in [-0.1, -0.05) is 13.8 Å². The Morgan fingerprint density at radius 1 is 1.50 bits per heavy atom. The van der Waals surface area contributed by atoms with Crippen LogP contribution in [0, 0.1) is 11.8 Å². The Kier molecular flexibility index (Phi) is 4.33. The number of rotatable bonds is 3. The van der Waals surface area contributed by atoms with Gasteiger partial charge in [0.25, 0.3) is 0 Å². The molecule has 0 radical (unpaired) electrons. The van der Waals surface area contributed by atoms with E-state index < -0.39 is 0 Å². The molecular weight excluding hydrogens is 204 g/mol. The van der Waals surface area contributed by atoms with Gasteiger partial charge in [0.1, 0.15) is 0 Å². The van der Waals surface area contributed by atoms with Gasteiger partial charge in [0.15, 0.2) is 0 Å². The van der Waals surface area contributed by atoms with Crippen molar-refractivity contribution in [1.29, 1.82) is 0 Å². The van der Waals surface area contributed by atoms with E-state index in [1.54, 1.807) is 0 Å². The SMILES string of the molecule is CC(C)C(CN)C(=O)N1CCOCC1(C)C. The van der Waals surface area contributed by atoms with Crippen LogP contribution in [0.1, 0.15) is 27.7 Å². The summed E-state index contributed by atoms with van der Waals surface area (Å²) in [4.78, 5) is 14.3. The molecule has 2 N–H and O–H groups in total. The average Bonchev–Trinajstić information content (AvgIpc) is 2.17. The highest BCUT2D eigenvalue weighted by Crippen LogP contribution is 2.23. The average molecular weight is 228 g/mol. The second kappa shape index (κ2) is 5.15. The summed E-state index contributed by atoms with van der Waals surface area (Å²) in [5.41, 5.74) is 5.48. The van der Waals surface area contributed by atoms with E-state index in [2.05, 4.69) is 0 Å². The summed E-state index contributed by atoms with van der Waals surface area (Å²) in [6, 6.07) is 0. The fourth-order valence-corrected chi connectivity index (χ4v) is 2.13. The normalized spacial score (nSPS) is 22.2. The van der Waals surface area contributed by atoms with E-state index in [-0.39, 0.29) is 23.3 Å². The monoisotopic (exact) mass is 228 g/mol. The largest absolute Gasteiger partial charge is 0.377 e. The first-order chi connectivity index (χ1) is 7.40. The van der Waals surface area contributed by atoms with Crippen molar-refractivity contribution in [3.63, 3.8) is 0 Å². The zero-order chi connectivity index (χ0) is 12.3. The molecule has 0 spiro atoms. The van der Waals surface area contributed by atoms with E-state index in [1.807, 2.05) is 32.6 Å². The fraction of sp³-hybridized carbons (Fsp3) is 0.917. The van der Waals surface area contributed by atoms with E-state index in [1.165, 1.54) is 0 Å². The van der Waals surface area contributed by atoms with Gasteiger partial charge >= 0.3 is 0 Å². The first-order valence-corrected chi connectivity index (χ1v) is 5.99. The molecule has 0 aromatic rings. The third kappa shape index (κ3) is 2.74. The molecule has 1 atom stereocenters. The van der Waals surface area contributed by atoms with Crippen LogP contribution in [-0.4, -0.2) is 42.6 Å². The number of nitrogens with zero attached hydrogens (tertiary/aromatic N) is 1. The predicted molar refractivity (Wildman–Crippen MR) is 64.0 cm³/mol. The van der Waals surface area contributed by atoms with Gasteiger partial charge in [0, 0.05) is 13.1 Å². The third-order valence-electron chi connectivity index (χ3n) is 3.29. The minimum absolute atomic E-state index is 0.0719. The van der Waals surface area contributed by atoms with Crippen molar-refractivity contribution in [2.45, 2.75) is 33.2 Å². The number of amides is 1. The third-order valence-corrected chi connectivity index (χ3v) is 3.29. The standard InChI is InChI=1S/C12H24N2O2/c1-9(2)10(7-13)11(15)14-5-6-16-8-12(14,3)4/h9-10H,5-8,13H2,1-4H3. The predicted octanol–water partition coefficient (Wildman–Crippen LogP) is 0.855. The lowest BCUT2D eigenvalue weighted by atomic mass is 9.91. The molecule has 1 heterocycles. The first-order valence-electron chi connectivity index (χ1n) is 5.99. The lowest BCUT2D eigenvalue weighted by Crippen LogP contribution is -2.58. The molecule has 0 aromatic heterocycles. The maximum atomic E-state index is 12.4. The molecule has 1 saturated heterocycles. The minimum Gasteiger partial charge on any atom is -0.377 e. The molecule has 1 fully saturated rings. The zero-order valence-electron chi connectivity index (χ0n) is 10.8. The van der Waals surface area contributed by atoms with Crippen LogP contribution >= 0.6 is 0 Å². The number of carbonyl (C=O) groups excluding carboxylic acids is 1. The first kappa shape index (κ1) is 13.5. The highest BCUT2D eigenvalue weighted by molar-refractivity contribution is 5.80. The quantitative estimate of drug-likeness (QED) is 0.779. The van der Waals surface area contributed by atoms with Gasteiger partial charge in [-0.25, -0.2) is 0 Å². The van der Waals surface area contributed by atoms with E-state index in [9.17, 15) is 4.79 Å². The Balaban J connectivity index is 2.78. The molecule has 4 nitrogen and oxygen atoms in total. The molecule has 1 unspecified atom stereocenters. The fourth-order valence-electron chi connectivity index (χ4n) is 2.13. The van der Waals surface area contributed by atoms with E-state index >= 15 is 0 Å². The minimum atomic E-state index is -0.211. The number of nitrogens with two attached hydrogens (primary N) is 1. The Labute approximate surface area is 98.1 Å². The molecular formula is C12H24N2O2.